The third-order valence-corrected chi connectivity index (χ3v) is 5.30. The van der Waals surface area contributed by atoms with Crippen LogP contribution in [0.4, 0.5) is 18.9 Å². The van der Waals surface area contributed by atoms with Crippen LogP contribution in [0.15, 0.2) is 48.5 Å². The molecule has 1 saturated heterocycles. The molecule has 0 aliphatic carbocycles. The number of anilines is 1. The predicted molar refractivity (Wildman–Crippen MR) is 108 cm³/mol. The highest BCUT2D eigenvalue weighted by molar-refractivity contribution is 5.94. The molecule has 1 heterocycles. The Bertz CT molecular complexity index is 896. The molecule has 158 valence electrons. The van der Waals surface area contributed by atoms with Gasteiger partial charge in [-0.05, 0) is 48.9 Å². The first-order chi connectivity index (χ1) is 14.3. The van der Waals surface area contributed by atoms with Crippen molar-refractivity contribution in [1.29, 1.82) is 5.26 Å². The maximum Gasteiger partial charge on any atom is 0.416 e. The first-order valence-corrected chi connectivity index (χ1v) is 9.70. The van der Waals surface area contributed by atoms with Crippen LogP contribution in [0, 0.1) is 11.3 Å². The average Bonchev–Trinajstić information content (AvgIpc) is 2.74. The fraction of sp³-hybridized carbons (Fsp3) is 0.364. The van der Waals surface area contributed by atoms with Gasteiger partial charge in [0.25, 0.3) is 0 Å². The number of benzene rings is 2. The number of piperazine rings is 1. The van der Waals surface area contributed by atoms with Crippen LogP contribution in [-0.4, -0.2) is 47.9 Å². The molecule has 1 aliphatic heterocycles. The van der Waals surface area contributed by atoms with Crippen LogP contribution in [0.5, 0.6) is 0 Å². The summed E-state index contributed by atoms with van der Waals surface area (Å²) in [4.78, 5) is 16.9. The summed E-state index contributed by atoms with van der Waals surface area (Å²) in [5.41, 5.74) is 1.37. The Labute approximate surface area is 173 Å². The van der Waals surface area contributed by atoms with Gasteiger partial charge >= 0.3 is 6.18 Å². The Morgan fingerprint density at radius 2 is 1.67 bits per heavy atom. The highest BCUT2D eigenvalue weighted by atomic mass is 19.4. The molecule has 0 bridgehead atoms. The molecule has 1 atom stereocenters. The smallest absolute Gasteiger partial charge is 0.325 e. The highest BCUT2D eigenvalue weighted by Gasteiger charge is 2.30. The van der Waals surface area contributed by atoms with Gasteiger partial charge in [0.05, 0.1) is 23.2 Å². The van der Waals surface area contributed by atoms with E-state index in [-0.39, 0.29) is 11.9 Å². The summed E-state index contributed by atoms with van der Waals surface area (Å²) in [6.07, 6.45) is -4.40. The van der Waals surface area contributed by atoms with Crippen molar-refractivity contribution in [3.63, 3.8) is 0 Å². The number of hydrogen-bond donors (Lipinski definition) is 1. The molecule has 2 aromatic carbocycles. The first kappa shape index (κ1) is 21.8. The van der Waals surface area contributed by atoms with Crippen molar-refractivity contribution in [2.75, 3.05) is 31.5 Å². The number of hydrogen-bond acceptors (Lipinski definition) is 4. The molecule has 8 heteroatoms. The molecular formula is C22H23F3N4O. The monoisotopic (exact) mass is 416 g/mol. The normalized spacial score (nSPS) is 16.6. The van der Waals surface area contributed by atoms with Crippen molar-refractivity contribution in [2.45, 2.75) is 25.7 Å². The van der Waals surface area contributed by atoms with Gasteiger partial charge in [-0.3, -0.25) is 14.6 Å². The zero-order valence-electron chi connectivity index (χ0n) is 16.6. The Morgan fingerprint density at radius 3 is 2.20 bits per heavy atom. The molecule has 5 nitrogen and oxygen atoms in total. The lowest BCUT2D eigenvalue weighted by atomic mass is 10.1. The number of carbonyl (C=O) groups is 1. The summed E-state index contributed by atoms with van der Waals surface area (Å²) < 4.78 is 37.9. The number of nitrogens with zero attached hydrogens (tertiary/aromatic N) is 3. The molecule has 3 rings (SSSR count). The second-order valence-corrected chi connectivity index (χ2v) is 7.36. The molecule has 0 spiro atoms. The van der Waals surface area contributed by atoms with Gasteiger partial charge in [0.15, 0.2) is 0 Å². The van der Waals surface area contributed by atoms with E-state index in [1.807, 2.05) is 12.1 Å². The van der Waals surface area contributed by atoms with E-state index in [1.165, 1.54) is 12.1 Å². The minimum atomic E-state index is -4.40. The second kappa shape index (κ2) is 9.28. The molecule has 1 aliphatic rings. The fourth-order valence-electron chi connectivity index (χ4n) is 3.41. The van der Waals surface area contributed by atoms with Gasteiger partial charge in [-0.1, -0.05) is 12.1 Å². The Balaban J connectivity index is 1.48. The van der Waals surface area contributed by atoms with Crippen LogP contribution < -0.4 is 5.32 Å². The van der Waals surface area contributed by atoms with E-state index in [9.17, 15) is 18.0 Å². The van der Waals surface area contributed by atoms with Crippen molar-refractivity contribution < 1.29 is 18.0 Å². The quantitative estimate of drug-likeness (QED) is 0.807. The standard InChI is InChI=1S/C22H23F3N4O/c1-16(21(30)27-20-8-6-19(7-9-20)22(23,24)25)29-12-10-28(11-13-29)15-18-4-2-17(14-26)3-5-18/h2-9,16H,10-13,15H2,1H3,(H,27,30)/t16-/m1/s1. The summed E-state index contributed by atoms with van der Waals surface area (Å²) in [5.74, 6) is -0.240. The third kappa shape index (κ3) is 5.59. The molecule has 1 fully saturated rings. The van der Waals surface area contributed by atoms with E-state index in [0.717, 1.165) is 50.4 Å². The zero-order valence-corrected chi connectivity index (χ0v) is 16.6. The lowest BCUT2D eigenvalue weighted by Crippen LogP contribution is -2.52. The van der Waals surface area contributed by atoms with Gasteiger partial charge in [-0.15, -0.1) is 0 Å². The summed E-state index contributed by atoms with van der Waals surface area (Å²) >= 11 is 0. The average molecular weight is 416 g/mol. The van der Waals surface area contributed by atoms with Crippen molar-refractivity contribution >= 4 is 11.6 Å². The SMILES string of the molecule is C[C@H](C(=O)Nc1ccc(C(F)(F)F)cc1)N1CCN(Cc2ccc(C#N)cc2)CC1. The van der Waals surface area contributed by atoms with Crippen molar-refractivity contribution in [1.82, 2.24) is 9.80 Å². The second-order valence-electron chi connectivity index (χ2n) is 7.36. The number of halogens is 3. The topological polar surface area (TPSA) is 59.4 Å². The maximum atomic E-state index is 12.6. The number of nitriles is 1. The van der Waals surface area contributed by atoms with Crippen molar-refractivity contribution in [2.24, 2.45) is 0 Å². The molecule has 2 aromatic rings. The Hall–Kier alpha value is -2.89. The van der Waals surface area contributed by atoms with Gasteiger partial charge in [-0.2, -0.15) is 18.4 Å². The number of rotatable bonds is 5. The number of amides is 1. The van der Waals surface area contributed by atoms with Crippen LogP contribution >= 0.6 is 0 Å². The highest BCUT2D eigenvalue weighted by Crippen LogP contribution is 2.29. The molecule has 30 heavy (non-hydrogen) atoms. The van der Waals surface area contributed by atoms with E-state index < -0.39 is 11.7 Å². The first-order valence-electron chi connectivity index (χ1n) is 9.70. The predicted octanol–water partition coefficient (Wildman–Crippen LogP) is 3.72. The van der Waals surface area contributed by atoms with E-state index in [0.29, 0.717) is 11.3 Å². The minimum Gasteiger partial charge on any atom is -0.325 e. The molecule has 0 radical (unpaired) electrons. The van der Waals surface area contributed by atoms with Gasteiger partial charge in [0.2, 0.25) is 5.91 Å². The number of carbonyl (C=O) groups excluding carboxylic acids is 1. The summed E-state index contributed by atoms with van der Waals surface area (Å²) in [6, 6.07) is 13.7. The van der Waals surface area contributed by atoms with Crippen molar-refractivity contribution in [3.05, 3.63) is 65.2 Å². The summed E-state index contributed by atoms with van der Waals surface area (Å²) in [7, 11) is 0. The molecule has 0 unspecified atom stereocenters. The number of alkyl halides is 3. The Kier molecular flexibility index (Phi) is 6.75. The fourth-order valence-corrected chi connectivity index (χ4v) is 3.41. The molecule has 0 aromatic heterocycles. The van der Waals surface area contributed by atoms with Crippen LogP contribution in [-0.2, 0) is 17.5 Å². The van der Waals surface area contributed by atoms with E-state index in [4.69, 9.17) is 5.26 Å². The third-order valence-electron chi connectivity index (χ3n) is 5.30. The molecule has 1 amide bonds. The maximum absolute atomic E-state index is 12.6. The van der Waals surface area contributed by atoms with Gasteiger partial charge in [0, 0.05) is 38.4 Å². The summed E-state index contributed by atoms with van der Waals surface area (Å²) in [6.45, 7) is 5.63. The van der Waals surface area contributed by atoms with Crippen LogP contribution in [0.1, 0.15) is 23.6 Å². The lowest BCUT2D eigenvalue weighted by molar-refractivity contribution is -0.137. The largest absolute Gasteiger partial charge is 0.416 e. The summed E-state index contributed by atoms with van der Waals surface area (Å²) in [5, 5.41) is 11.6. The van der Waals surface area contributed by atoms with Gasteiger partial charge in [0.1, 0.15) is 0 Å². The van der Waals surface area contributed by atoms with Gasteiger partial charge in [-0.25, -0.2) is 0 Å². The van der Waals surface area contributed by atoms with E-state index >= 15 is 0 Å². The minimum absolute atomic E-state index is 0.240. The number of nitrogens with one attached hydrogen (secondary N) is 1. The molecular weight excluding hydrogens is 393 g/mol. The Morgan fingerprint density at radius 1 is 1.07 bits per heavy atom. The lowest BCUT2D eigenvalue weighted by Gasteiger charge is -2.37. The van der Waals surface area contributed by atoms with Crippen LogP contribution in [0.2, 0.25) is 0 Å². The van der Waals surface area contributed by atoms with Gasteiger partial charge < -0.3 is 5.32 Å². The van der Waals surface area contributed by atoms with Crippen molar-refractivity contribution in [3.8, 4) is 6.07 Å². The van der Waals surface area contributed by atoms with E-state index in [2.05, 4.69) is 21.2 Å². The van der Waals surface area contributed by atoms with Crippen LogP contribution in [0.25, 0.3) is 0 Å². The van der Waals surface area contributed by atoms with Crippen LogP contribution in [0.3, 0.4) is 0 Å². The van der Waals surface area contributed by atoms with E-state index in [1.54, 1.807) is 19.1 Å². The molecule has 0 saturated carbocycles. The zero-order chi connectivity index (χ0) is 21.7. The molecule has 1 N–H and O–H groups in total.